The van der Waals surface area contributed by atoms with Crippen LogP contribution in [0.2, 0.25) is 0 Å². The van der Waals surface area contributed by atoms with Crippen molar-refractivity contribution in [1.29, 1.82) is 0 Å². The highest BCUT2D eigenvalue weighted by molar-refractivity contribution is 5.82. The van der Waals surface area contributed by atoms with E-state index in [-0.39, 0.29) is 18.6 Å². The van der Waals surface area contributed by atoms with E-state index in [0.29, 0.717) is 18.4 Å². The molecule has 1 saturated carbocycles. The van der Waals surface area contributed by atoms with E-state index in [2.05, 4.69) is 17.1 Å². The molecule has 1 heterocycles. The van der Waals surface area contributed by atoms with Gasteiger partial charge in [0.05, 0.1) is 6.04 Å². The van der Waals surface area contributed by atoms with Crippen molar-refractivity contribution in [3.63, 3.8) is 0 Å². The Hall–Kier alpha value is -0.610. The molecular formula is C11H20N2O2. The van der Waals surface area contributed by atoms with E-state index in [4.69, 9.17) is 5.11 Å². The zero-order valence-corrected chi connectivity index (χ0v) is 9.28. The quantitative estimate of drug-likeness (QED) is 0.690. The average molecular weight is 212 g/mol. The molecule has 4 heteroatoms. The fourth-order valence-corrected chi connectivity index (χ4v) is 2.32. The first kappa shape index (κ1) is 10.9. The van der Waals surface area contributed by atoms with Crippen LogP contribution in [-0.4, -0.2) is 47.7 Å². The molecule has 2 fully saturated rings. The monoisotopic (exact) mass is 212 g/mol. The number of aliphatic hydroxyl groups excluding tert-OH is 1. The van der Waals surface area contributed by atoms with Crippen LogP contribution in [0.15, 0.2) is 0 Å². The highest BCUT2D eigenvalue weighted by Gasteiger charge is 2.39. The molecule has 86 valence electrons. The van der Waals surface area contributed by atoms with Crippen molar-refractivity contribution in [2.24, 2.45) is 5.92 Å². The second-order valence-corrected chi connectivity index (χ2v) is 4.81. The van der Waals surface area contributed by atoms with Crippen LogP contribution in [0.25, 0.3) is 0 Å². The summed E-state index contributed by atoms with van der Waals surface area (Å²) in [7, 11) is 0. The number of hydrogen-bond donors (Lipinski definition) is 2. The molecule has 15 heavy (non-hydrogen) atoms. The molecule has 0 radical (unpaired) electrons. The van der Waals surface area contributed by atoms with E-state index >= 15 is 0 Å². The second kappa shape index (κ2) is 4.49. The third-order valence-corrected chi connectivity index (χ3v) is 3.27. The van der Waals surface area contributed by atoms with Crippen LogP contribution in [0.3, 0.4) is 0 Å². The van der Waals surface area contributed by atoms with Gasteiger partial charge in [0.1, 0.15) is 0 Å². The lowest BCUT2D eigenvalue weighted by Gasteiger charge is -2.28. The lowest BCUT2D eigenvalue weighted by atomic mass is 10.1. The van der Waals surface area contributed by atoms with Gasteiger partial charge in [0.25, 0.3) is 0 Å². The number of carbonyl (C=O) groups excluding carboxylic acids is 1. The Labute approximate surface area is 90.6 Å². The predicted molar refractivity (Wildman–Crippen MR) is 57.4 cm³/mol. The first-order valence-electron chi connectivity index (χ1n) is 5.86. The summed E-state index contributed by atoms with van der Waals surface area (Å²) in [4.78, 5) is 14.1. The van der Waals surface area contributed by atoms with Crippen LogP contribution in [0.1, 0.15) is 26.2 Å². The summed E-state index contributed by atoms with van der Waals surface area (Å²) < 4.78 is 0. The van der Waals surface area contributed by atoms with Crippen LogP contribution >= 0.6 is 0 Å². The summed E-state index contributed by atoms with van der Waals surface area (Å²) in [6, 6.07) is 0.486. The van der Waals surface area contributed by atoms with Gasteiger partial charge in [0.2, 0.25) is 5.91 Å². The Morgan fingerprint density at radius 1 is 1.53 bits per heavy atom. The smallest absolute Gasteiger partial charge is 0.237 e. The molecule has 0 spiro atoms. The Morgan fingerprint density at radius 2 is 2.27 bits per heavy atom. The molecule has 1 aliphatic heterocycles. The maximum atomic E-state index is 11.8. The highest BCUT2D eigenvalue weighted by atomic mass is 16.3. The van der Waals surface area contributed by atoms with Crippen LogP contribution in [0.5, 0.6) is 0 Å². The predicted octanol–water partition coefficient (Wildman–Crippen LogP) is -0.0323. The van der Waals surface area contributed by atoms with E-state index in [1.807, 2.05) is 0 Å². The summed E-state index contributed by atoms with van der Waals surface area (Å²) in [6.45, 7) is 4.00. The van der Waals surface area contributed by atoms with E-state index in [1.54, 1.807) is 0 Å². The summed E-state index contributed by atoms with van der Waals surface area (Å²) in [6.07, 6.45) is 2.99. The van der Waals surface area contributed by atoms with Gasteiger partial charge in [0.15, 0.2) is 0 Å². The Kier molecular flexibility index (Phi) is 3.26. The Morgan fingerprint density at radius 3 is 2.87 bits per heavy atom. The van der Waals surface area contributed by atoms with Gasteiger partial charge in [0, 0.05) is 25.7 Å². The Bertz CT molecular complexity index is 241. The van der Waals surface area contributed by atoms with Crippen LogP contribution in [0, 0.1) is 5.92 Å². The van der Waals surface area contributed by atoms with E-state index in [1.165, 1.54) is 12.8 Å². The van der Waals surface area contributed by atoms with Gasteiger partial charge < -0.3 is 10.4 Å². The molecule has 0 aromatic rings. The van der Waals surface area contributed by atoms with E-state index in [9.17, 15) is 4.79 Å². The third kappa shape index (κ3) is 2.49. The number of hydrogen-bond acceptors (Lipinski definition) is 3. The minimum atomic E-state index is -0.104. The molecule has 2 rings (SSSR count). The first-order chi connectivity index (χ1) is 7.22. The van der Waals surface area contributed by atoms with Gasteiger partial charge in [-0.05, 0) is 25.2 Å². The number of aliphatic hydroxyl groups is 1. The number of amides is 1. The average Bonchev–Trinajstić information content (AvgIpc) is 3.02. The van der Waals surface area contributed by atoms with Crippen LogP contribution in [0.4, 0.5) is 0 Å². The van der Waals surface area contributed by atoms with Crippen molar-refractivity contribution in [3.05, 3.63) is 0 Å². The molecule has 2 atom stereocenters. The second-order valence-electron chi connectivity index (χ2n) is 4.81. The minimum absolute atomic E-state index is 0.0929. The summed E-state index contributed by atoms with van der Waals surface area (Å²) in [5.74, 6) is 0.610. The molecular weight excluding hydrogens is 192 g/mol. The van der Waals surface area contributed by atoms with Crippen LogP contribution < -0.4 is 5.32 Å². The molecule has 2 unspecified atom stereocenters. The van der Waals surface area contributed by atoms with Crippen LogP contribution in [-0.2, 0) is 4.79 Å². The normalized spacial score (nSPS) is 33.6. The van der Waals surface area contributed by atoms with Crippen molar-refractivity contribution >= 4 is 5.91 Å². The molecule has 1 amide bonds. The van der Waals surface area contributed by atoms with Crippen molar-refractivity contribution in [3.8, 4) is 0 Å². The molecule has 0 bridgehead atoms. The molecule has 1 aliphatic carbocycles. The summed E-state index contributed by atoms with van der Waals surface area (Å²) >= 11 is 0. The van der Waals surface area contributed by atoms with E-state index in [0.717, 1.165) is 13.1 Å². The third-order valence-electron chi connectivity index (χ3n) is 3.27. The molecule has 1 saturated heterocycles. The molecule has 2 aliphatic rings. The molecule has 0 aromatic carbocycles. The lowest BCUT2D eigenvalue weighted by molar-refractivity contribution is -0.126. The molecule has 0 aromatic heterocycles. The van der Waals surface area contributed by atoms with Gasteiger partial charge >= 0.3 is 0 Å². The van der Waals surface area contributed by atoms with Crippen molar-refractivity contribution in [2.75, 3.05) is 19.7 Å². The van der Waals surface area contributed by atoms with Gasteiger partial charge in [-0.1, -0.05) is 6.92 Å². The maximum Gasteiger partial charge on any atom is 0.237 e. The maximum absolute atomic E-state index is 11.8. The number of nitrogens with zero attached hydrogens (tertiary/aromatic N) is 1. The van der Waals surface area contributed by atoms with Crippen molar-refractivity contribution in [2.45, 2.75) is 38.3 Å². The number of nitrogens with one attached hydrogen (secondary N) is 1. The van der Waals surface area contributed by atoms with Crippen molar-refractivity contribution < 1.29 is 9.90 Å². The SMILES string of the molecule is CC1CNC(=O)C(CCO)N(C2CC2)C1. The standard InChI is InChI=1S/C11H20N2O2/c1-8-6-12-11(15)10(4-5-14)13(7-8)9-2-3-9/h8-10,14H,2-7H2,1H3,(H,12,15). The summed E-state index contributed by atoms with van der Waals surface area (Å²) in [5.41, 5.74) is 0. The van der Waals surface area contributed by atoms with Gasteiger partial charge in [-0.15, -0.1) is 0 Å². The number of rotatable bonds is 3. The van der Waals surface area contributed by atoms with Gasteiger partial charge in [-0.2, -0.15) is 0 Å². The first-order valence-corrected chi connectivity index (χ1v) is 5.86. The topological polar surface area (TPSA) is 52.6 Å². The van der Waals surface area contributed by atoms with Gasteiger partial charge in [-0.3, -0.25) is 9.69 Å². The van der Waals surface area contributed by atoms with Gasteiger partial charge in [-0.25, -0.2) is 0 Å². The number of carbonyl (C=O) groups is 1. The lowest BCUT2D eigenvalue weighted by Crippen LogP contribution is -2.46. The fraction of sp³-hybridized carbons (Fsp3) is 0.909. The fourth-order valence-electron chi connectivity index (χ4n) is 2.32. The zero-order valence-electron chi connectivity index (χ0n) is 9.28. The van der Waals surface area contributed by atoms with E-state index < -0.39 is 0 Å². The summed E-state index contributed by atoms with van der Waals surface area (Å²) in [5, 5.41) is 12.0. The molecule has 4 nitrogen and oxygen atoms in total. The zero-order chi connectivity index (χ0) is 10.8. The Balaban J connectivity index is 2.08. The largest absolute Gasteiger partial charge is 0.396 e. The minimum Gasteiger partial charge on any atom is -0.396 e. The molecule has 2 N–H and O–H groups in total. The van der Waals surface area contributed by atoms with Crippen molar-refractivity contribution in [1.82, 2.24) is 10.2 Å². The highest BCUT2D eigenvalue weighted by Crippen LogP contribution is 2.31.